The van der Waals surface area contributed by atoms with Gasteiger partial charge in [0.25, 0.3) is 5.91 Å². The van der Waals surface area contributed by atoms with Gasteiger partial charge in [-0.3, -0.25) is 9.80 Å². The van der Waals surface area contributed by atoms with E-state index in [4.69, 9.17) is 0 Å². The van der Waals surface area contributed by atoms with Gasteiger partial charge in [-0.25, -0.2) is 8.42 Å². The molecule has 0 N–H and O–H groups in total. The quantitative estimate of drug-likeness (QED) is 0.846. The number of fused-ring (bicyclic) bond motifs is 1. The number of hydrogen-bond acceptors (Lipinski definition) is 5. The summed E-state index contributed by atoms with van der Waals surface area (Å²) < 4.78 is 25.7. The topological polar surface area (TPSA) is 70.1 Å². The largest absolute Gasteiger partial charge is 0.337 e. The highest BCUT2D eigenvalue weighted by Gasteiger charge is 2.39. The van der Waals surface area contributed by atoms with Crippen molar-refractivity contribution < 1.29 is 13.2 Å². The van der Waals surface area contributed by atoms with E-state index in [1.807, 2.05) is 19.9 Å². The summed E-state index contributed by atoms with van der Waals surface area (Å²) in [6.45, 7) is 5.67. The van der Waals surface area contributed by atoms with E-state index in [2.05, 4.69) is 5.10 Å². The molecule has 0 atom stereocenters. The molecule has 2 heterocycles. The Morgan fingerprint density at radius 3 is 2.61 bits per heavy atom. The van der Waals surface area contributed by atoms with Gasteiger partial charge in [-0.1, -0.05) is 13.0 Å². The first kappa shape index (κ1) is 16.0. The second-order valence-electron chi connectivity index (χ2n) is 6.00. The van der Waals surface area contributed by atoms with Crippen LogP contribution in [0.4, 0.5) is 5.69 Å². The predicted molar refractivity (Wildman–Crippen MR) is 89.3 cm³/mol. The Morgan fingerprint density at radius 2 is 1.96 bits per heavy atom. The fourth-order valence-corrected chi connectivity index (χ4v) is 4.43. The van der Waals surface area contributed by atoms with Crippen LogP contribution in [0.25, 0.3) is 0 Å². The molecule has 1 aromatic rings. The second-order valence-corrected chi connectivity index (χ2v) is 7.84. The second kappa shape index (κ2) is 5.96. The van der Waals surface area contributed by atoms with E-state index >= 15 is 0 Å². The van der Waals surface area contributed by atoms with Crippen molar-refractivity contribution >= 4 is 26.5 Å². The average molecular weight is 335 g/mol. The number of hydrogen-bond donors (Lipinski definition) is 0. The molecule has 1 aromatic carbocycles. The molecule has 1 fully saturated rings. The molecular weight excluding hydrogens is 314 g/mol. The molecule has 124 valence electrons. The van der Waals surface area contributed by atoms with Crippen molar-refractivity contribution in [2.75, 3.05) is 24.6 Å². The van der Waals surface area contributed by atoms with E-state index in [1.54, 1.807) is 22.0 Å². The minimum Gasteiger partial charge on any atom is -0.337 e. The van der Waals surface area contributed by atoms with Crippen molar-refractivity contribution in [3.05, 3.63) is 23.8 Å². The number of likely N-dealkylation sites (tertiary alicyclic amines) is 1. The highest BCUT2D eigenvalue weighted by molar-refractivity contribution is 8.08. The molecule has 0 saturated carbocycles. The van der Waals surface area contributed by atoms with Gasteiger partial charge in [0, 0.05) is 19.6 Å². The summed E-state index contributed by atoms with van der Waals surface area (Å²) in [7, 11) is -3.87. The highest BCUT2D eigenvalue weighted by atomic mass is 32.2. The van der Waals surface area contributed by atoms with E-state index in [-0.39, 0.29) is 9.94 Å². The third-order valence-corrected chi connectivity index (χ3v) is 5.85. The molecule has 23 heavy (non-hydrogen) atoms. The van der Waals surface area contributed by atoms with E-state index in [9.17, 15) is 13.2 Å². The van der Waals surface area contributed by atoms with E-state index in [0.717, 1.165) is 24.8 Å². The number of carbonyl (C=O) groups excluding carboxylic acids is 1. The van der Waals surface area contributed by atoms with E-state index in [0.29, 0.717) is 25.3 Å². The van der Waals surface area contributed by atoms with Crippen molar-refractivity contribution in [1.29, 1.82) is 0 Å². The Hall–Kier alpha value is -1.89. The molecule has 0 radical (unpaired) electrons. The maximum Gasteiger partial charge on any atom is 0.286 e. The number of aryl methyl sites for hydroxylation is 1. The van der Waals surface area contributed by atoms with Crippen LogP contribution in [0.2, 0.25) is 0 Å². The Labute approximate surface area is 136 Å². The average Bonchev–Trinajstić information content (AvgIpc) is 3.03. The number of rotatable bonds is 3. The molecular formula is C16H21N3O3S. The lowest BCUT2D eigenvalue weighted by atomic mass is 10.2. The standard InChI is InChI=1S/C16H21N3O3S/c1-3-8-19-13-11-12(2)6-7-14(13)23(21,22)15(17-19)16(20)18-9-4-5-10-18/h6-7,11H,3-5,8-10H2,1-2H3. The minimum atomic E-state index is -3.87. The van der Waals surface area contributed by atoms with Crippen molar-refractivity contribution in [3.63, 3.8) is 0 Å². The Kier molecular flexibility index (Phi) is 4.14. The lowest BCUT2D eigenvalue weighted by Gasteiger charge is -2.28. The van der Waals surface area contributed by atoms with Crippen LogP contribution in [0, 0.1) is 6.92 Å². The van der Waals surface area contributed by atoms with Gasteiger partial charge in [0.2, 0.25) is 14.9 Å². The van der Waals surface area contributed by atoms with Crippen LogP contribution in [0.3, 0.4) is 0 Å². The molecule has 0 spiro atoms. The molecule has 7 heteroatoms. The summed E-state index contributed by atoms with van der Waals surface area (Å²) in [4.78, 5) is 14.4. The van der Waals surface area contributed by atoms with Crippen molar-refractivity contribution in [3.8, 4) is 0 Å². The molecule has 0 aromatic heterocycles. The Bertz CT molecular complexity index is 765. The molecule has 6 nitrogen and oxygen atoms in total. The summed E-state index contributed by atoms with van der Waals surface area (Å²) in [5.74, 6) is -0.477. The van der Waals surface area contributed by atoms with Gasteiger partial charge in [0.05, 0.1) is 10.6 Å². The molecule has 0 unspecified atom stereocenters. The molecule has 2 aliphatic rings. The Balaban J connectivity index is 2.09. The molecule has 2 aliphatic heterocycles. The zero-order valence-corrected chi connectivity index (χ0v) is 14.3. The van der Waals surface area contributed by atoms with Crippen LogP contribution in [0.5, 0.6) is 0 Å². The maximum absolute atomic E-state index is 12.9. The van der Waals surface area contributed by atoms with E-state index < -0.39 is 15.7 Å². The van der Waals surface area contributed by atoms with Crippen LogP contribution >= 0.6 is 0 Å². The summed E-state index contributed by atoms with van der Waals surface area (Å²) in [5, 5.41) is 5.52. The van der Waals surface area contributed by atoms with Gasteiger partial charge in [-0.2, -0.15) is 5.10 Å². The monoisotopic (exact) mass is 335 g/mol. The van der Waals surface area contributed by atoms with Crippen LogP contribution in [-0.2, 0) is 14.6 Å². The van der Waals surface area contributed by atoms with E-state index in [1.165, 1.54) is 0 Å². The number of hydrazone groups is 1. The highest BCUT2D eigenvalue weighted by Crippen LogP contribution is 2.33. The van der Waals surface area contributed by atoms with Gasteiger partial charge < -0.3 is 4.90 Å². The van der Waals surface area contributed by atoms with Gasteiger partial charge in [0.1, 0.15) is 0 Å². The SMILES string of the molecule is CCCN1N=C(C(=O)N2CCCC2)S(=O)(=O)c2ccc(C)cc21. The molecule has 0 aliphatic carbocycles. The lowest BCUT2D eigenvalue weighted by molar-refractivity contribution is -0.122. The molecule has 1 amide bonds. The third kappa shape index (κ3) is 2.73. The van der Waals surface area contributed by atoms with Gasteiger partial charge in [0.15, 0.2) is 0 Å². The van der Waals surface area contributed by atoms with Crippen LogP contribution in [0.1, 0.15) is 31.7 Å². The maximum atomic E-state index is 12.9. The summed E-state index contributed by atoms with van der Waals surface area (Å²) in [6.07, 6.45) is 2.63. The minimum absolute atomic E-state index is 0.175. The first-order chi connectivity index (χ1) is 10.9. The zero-order valence-electron chi connectivity index (χ0n) is 13.4. The van der Waals surface area contributed by atoms with Gasteiger partial charge >= 0.3 is 0 Å². The summed E-state index contributed by atoms with van der Waals surface area (Å²) in [5.41, 5.74) is 1.52. The fraction of sp³-hybridized carbons (Fsp3) is 0.500. The van der Waals surface area contributed by atoms with Crippen molar-refractivity contribution in [1.82, 2.24) is 4.90 Å². The third-order valence-electron chi connectivity index (χ3n) is 4.16. The zero-order chi connectivity index (χ0) is 16.6. The molecule has 1 saturated heterocycles. The summed E-state index contributed by atoms with van der Waals surface area (Å²) >= 11 is 0. The number of sulfone groups is 1. The van der Waals surface area contributed by atoms with Crippen LogP contribution < -0.4 is 5.01 Å². The number of amides is 1. The Morgan fingerprint density at radius 1 is 1.26 bits per heavy atom. The predicted octanol–water partition coefficient (Wildman–Crippen LogP) is 1.93. The lowest BCUT2D eigenvalue weighted by Crippen LogP contribution is -2.42. The number of nitrogens with zero attached hydrogens (tertiary/aromatic N) is 3. The first-order valence-electron chi connectivity index (χ1n) is 7.96. The number of carbonyl (C=O) groups is 1. The van der Waals surface area contributed by atoms with Crippen LogP contribution in [-0.4, -0.2) is 43.9 Å². The molecule has 3 rings (SSSR count). The number of benzene rings is 1. The smallest absolute Gasteiger partial charge is 0.286 e. The van der Waals surface area contributed by atoms with Crippen molar-refractivity contribution in [2.24, 2.45) is 5.10 Å². The summed E-state index contributed by atoms with van der Waals surface area (Å²) in [6, 6.07) is 5.14. The van der Waals surface area contributed by atoms with Crippen molar-refractivity contribution in [2.45, 2.75) is 38.0 Å². The fourth-order valence-electron chi connectivity index (χ4n) is 2.97. The normalized spacial score (nSPS) is 19.5. The first-order valence-corrected chi connectivity index (χ1v) is 9.44. The van der Waals surface area contributed by atoms with Gasteiger partial charge in [-0.15, -0.1) is 0 Å². The number of anilines is 1. The van der Waals surface area contributed by atoms with Gasteiger partial charge in [-0.05, 0) is 43.9 Å². The molecule has 0 bridgehead atoms. The van der Waals surface area contributed by atoms with Crippen LogP contribution in [0.15, 0.2) is 28.2 Å².